The molecule has 1 N–H and O–H groups in total. The number of hydrogen-bond acceptors (Lipinski definition) is 3. The van der Waals surface area contributed by atoms with Gasteiger partial charge in [-0.3, -0.25) is 9.36 Å². The van der Waals surface area contributed by atoms with Gasteiger partial charge in [-0.15, -0.1) is 0 Å². The molecule has 2 heterocycles. The molecule has 0 aromatic carbocycles. The highest BCUT2D eigenvalue weighted by Gasteiger charge is 2.21. The molecule has 0 amide bonds. The molecule has 2 aromatic heterocycles. The molecule has 2 aromatic rings. The molecule has 18 heavy (non-hydrogen) atoms. The number of aryl methyl sites for hydroxylation is 2. The zero-order valence-electron chi connectivity index (χ0n) is 12.4. The highest BCUT2D eigenvalue weighted by Crippen LogP contribution is 2.28. The fraction of sp³-hybridized carbons (Fsp3) is 0.429. The minimum atomic E-state index is -0.386. The molecule has 4 heteroatoms. The number of nitrogens with zero attached hydrogens (tertiary/aromatic N) is 2. The molecule has 0 bridgehead atoms. The molecule has 0 unspecified atom stereocenters. The first-order valence-electron chi connectivity index (χ1n) is 6.34. The van der Waals surface area contributed by atoms with Crippen molar-refractivity contribution < 1.29 is 5.11 Å². The van der Waals surface area contributed by atoms with Gasteiger partial charge in [0, 0.05) is 17.3 Å². The summed E-state index contributed by atoms with van der Waals surface area (Å²) in [6.07, 6.45) is 0. The average molecular weight is 247 g/mol. The van der Waals surface area contributed by atoms with Crippen molar-refractivity contribution in [3.63, 3.8) is 0 Å². The number of fused-ring (bicyclic) bond motifs is 1. The lowest BCUT2D eigenvalue weighted by Gasteiger charge is -2.24. The Hall–Kier alpha value is -1.84. The van der Waals surface area contributed by atoms with Crippen LogP contribution in [0.2, 0.25) is 0 Å². The highest BCUT2D eigenvalue weighted by molar-refractivity contribution is 5.85. The van der Waals surface area contributed by atoms with Gasteiger partial charge in [0.1, 0.15) is 11.4 Å². The second kappa shape index (κ2) is 3.83. The largest absolute Gasteiger partial charge is 0.507 e. The van der Waals surface area contributed by atoms with Crippen molar-refractivity contribution in [2.24, 2.45) is 0 Å². The lowest BCUT2D eigenvalue weighted by atomic mass is 10.1. The Kier molecular flexibility index (Phi) is 2.40. The van der Waals surface area contributed by atoms with E-state index in [0.717, 1.165) is 16.6 Å². The van der Waals surface area contributed by atoms with Crippen LogP contribution < -0.4 is 5.56 Å². The predicted molar refractivity (Wildman–Crippen MR) is 72.1 cm³/mol. The summed E-state index contributed by atoms with van der Waals surface area (Å²) in [5, 5.41) is 5.31. The maximum Gasteiger partial charge on any atom is 0.293 e. The molecule has 0 saturated carbocycles. The Labute approximate surface area is 107 Å². The Morgan fingerprint density at radius 3 is 2.56 bits per heavy atom. The second-order valence-corrected chi connectivity index (χ2v) is 5.63. The van der Waals surface area contributed by atoms with Crippen molar-refractivity contribution in [1.29, 1.82) is 1.43 Å². The summed E-state index contributed by atoms with van der Waals surface area (Å²) in [4.78, 5) is 16.7. The summed E-state index contributed by atoms with van der Waals surface area (Å²) in [5.74, 6) is 0.255. The van der Waals surface area contributed by atoms with E-state index in [1.54, 1.807) is 4.57 Å². The number of aromatic hydroxyl groups is 1. The van der Waals surface area contributed by atoms with Gasteiger partial charge in [0.25, 0.3) is 6.99 Å². The van der Waals surface area contributed by atoms with Crippen molar-refractivity contribution in [3.05, 3.63) is 33.7 Å². The van der Waals surface area contributed by atoms with Crippen LogP contribution in [0.5, 0.6) is 5.75 Å². The monoisotopic (exact) mass is 247 g/mol. The molecular formula is C14H18N2O2. The summed E-state index contributed by atoms with van der Waals surface area (Å²) >= 11 is 0. The van der Waals surface area contributed by atoms with E-state index in [9.17, 15) is 4.79 Å². The summed E-state index contributed by atoms with van der Waals surface area (Å²) in [6.45, 7) is 9.67. The fourth-order valence-electron chi connectivity index (χ4n) is 2.28. The van der Waals surface area contributed by atoms with Crippen LogP contribution >= 0.6 is 0 Å². The van der Waals surface area contributed by atoms with Gasteiger partial charge in [-0.25, -0.2) is 4.98 Å². The van der Waals surface area contributed by atoms with Crippen LogP contribution in [0.1, 0.15) is 32.0 Å². The first-order valence-corrected chi connectivity index (χ1v) is 5.93. The van der Waals surface area contributed by atoms with E-state index in [2.05, 4.69) is 10.1 Å². The predicted octanol–water partition coefficient (Wildman–Crippen LogP) is 2.47. The number of rotatable bonds is 1. The minimum absolute atomic E-state index is 0.209. The first kappa shape index (κ1) is 11.3. The maximum absolute atomic E-state index is 12.2. The topological polar surface area (TPSA) is 55.1 Å². The van der Waals surface area contributed by atoms with Crippen molar-refractivity contribution in [2.45, 2.75) is 40.2 Å². The Balaban J connectivity index is 3.07. The van der Waals surface area contributed by atoms with Crippen LogP contribution in [0.3, 0.4) is 0 Å². The minimum Gasteiger partial charge on any atom is -0.507 e. The zero-order valence-corrected chi connectivity index (χ0v) is 11.4. The molecule has 0 aliphatic carbocycles. The molecule has 0 atom stereocenters. The van der Waals surface area contributed by atoms with Crippen molar-refractivity contribution >= 4 is 11.0 Å². The van der Waals surface area contributed by atoms with E-state index in [1.807, 2.05) is 40.7 Å². The average Bonchev–Trinajstić information content (AvgIpc) is 2.24. The fourth-order valence-corrected chi connectivity index (χ4v) is 2.28. The van der Waals surface area contributed by atoms with E-state index < -0.39 is 0 Å². The zero-order chi connectivity index (χ0) is 14.4. The van der Waals surface area contributed by atoms with E-state index in [0.29, 0.717) is 5.65 Å². The van der Waals surface area contributed by atoms with Crippen LogP contribution in [-0.4, -0.2) is 16.1 Å². The lowest BCUT2D eigenvalue weighted by molar-refractivity contribution is 0.392. The third-order valence-electron chi connectivity index (χ3n) is 2.93. The van der Waals surface area contributed by atoms with Gasteiger partial charge >= 0.3 is 0 Å². The maximum atomic E-state index is 12.2. The Morgan fingerprint density at radius 1 is 1.33 bits per heavy atom. The van der Waals surface area contributed by atoms with E-state index in [1.165, 1.54) is 6.07 Å². The first-order chi connectivity index (χ1) is 8.75. The van der Waals surface area contributed by atoms with Gasteiger partial charge in [-0.05, 0) is 46.2 Å². The van der Waals surface area contributed by atoms with Gasteiger partial charge in [-0.1, -0.05) is 0 Å². The summed E-state index contributed by atoms with van der Waals surface area (Å²) in [7, 11) is 0. The smallest absolute Gasteiger partial charge is 0.293 e. The summed E-state index contributed by atoms with van der Waals surface area (Å²) in [5.41, 5.74) is 1.76. The van der Waals surface area contributed by atoms with Gasteiger partial charge in [0.2, 0.25) is 0 Å². The molecular weight excluding hydrogens is 228 g/mol. The second-order valence-electron chi connectivity index (χ2n) is 5.63. The third-order valence-corrected chi connectivity index (χ3v) is 2.93. The van der Waals surface area contributed by atoms with Gasteiger partial charge in [0.15, 0.2) is 0 Å². The highest BCUT2D eigenvalue weighted by atomic mass is 16.3. The van der Waals surface area contributed by atoms with Crippen LogP contribution in [-0.2, 0) is 5.54 Å². The normalized spacial score (nSPS) is 12.6. The standard InChI is InChI=1S/C14H18N2O2/c1-8-6-9(2)15-13-12(8)10(17)7-11(18)16(13)14(3,4)5/h6-7,17H,1-5H3/i/hD. The van der Waals surface area contributed by atoms with E-state index in [4.69, 9.17) is 1.43 Å². The summed E-state index contributed by atoms with van der Waals surface area (Å²) in [6, 6.07) is 3.27. The van der Waals surface area contributed by atoms with Crippen LogP contribution in [0.4, 0.5) is 0 Å². The van der Waals surface area contributed by atoms with Gasteiger partial charge < -0.3 is 5.11 Å². The number of hydrogen-bond donors (Lipinski definition) is 1. The molecule has 0 saturated heterocycles. The van der Waals surface area contributed by atoms with Crippen molar-refractivity contribution in [3.8, 4) is 5.75 Å². The molecule has 0 fully saturated rings. The van der Waals surface area contributed by atoms with Crippen molar-refractivity contribution in [1.82, 2.24) is 9.55 Å². The van der Waals surface area contributed by atoms with Crippen LogP contribution in [0, 0.1) is 13.8 Å². The van der Waals surface area contributed by atoms with Crippen molar-refractivity contribution in [2.75, 3.05) is 0 Å². The quantitative estimate of drug-likeness (QED) is 0.842. The van der Waals surface area contributed by atoms with Gasteiger partial charge in [-0.2, -0.15) is 0 Å². The molecule has 4 nitrogen and oxygen atoms in total. The van der Waals surface area contributed by atoms with Crippen LogP contribution in [0.15, 0.2) is 16.9 Å². The number of aromatic nitrogens is 2. The Morgan fingerprint density at radius 2 is 2.00 bits per heavy atom. The molecule has 96 valence electrons. The lowest BCUT2D eigenvalue weighted by Crippen LogP contribution is -2.34. The Bertz CT molecular complexity index is 699. The molecule has 0 radical (unpaired) electrons. The molecule has 0 spiro atoms. The molecule has 2 rings (SSSR count). The summed E-state index contributed by atoms with van der Waals surface area (Å²) < 4.78 is 8.77. The third kappa shape index (κ3) is 1.88. The SMILES string of the molecule is [2H]Oc1cc(=O)n(C(C)(C)C)c2nc(C)cc(C)c12. The van der Waals surface area contributed by atoms with Crippen LogP contribution in [0.25, 0.3) is 11.0 Å². The van der Waals surface area contributed by atoms with E-state index in [-0.39, 0.29) is 16.8 Å². The molecule has 0 aliphatic rings. The van der Waals surface area contributed by atoms with Gasteiger partial charge in [0.05, 0.1) is 5.39 Å². The molecule has 0 aliphatic heterocycles. The number of pyridine rings is 2. The van der Waals surface area contributed by atoms with E-state index >= 15 is 0 Å².